The number of piperidine rings is 1. The Kier molecular flexibility index (Phi) is 9.61. The number of hydrogen-bond acceptors (Lipinski definition) is 4. The van der Waals surface area contributed by atoms with Crippen LogP contribution in [-0.4, -0.2) is 47.9 Å². The number of amides is 1. The molecule has 0 N–H and O–H groups in total. The number of rotatable bonds is 10. The second-order valence-corrected chi connectivity index (χ2v) is 11.1. The molecule has 0 saturated carbocycles. The molecule has 1 aliphatic heterocycles. The summed E-state index contributed by atoms with van der Waals surface area (Å²) in [6.07, 6.45) is 4.45. The van der Waals surface area contributed by atoms with Gasteiger partial charge in [0.1, 0.15) is 0 Å². The van der Waals surface area contributed by atoms with E-state index in [4.69, 9.17) is 4.74 Å². The molecule has 1 aliphatic rings. The van der Waals surface area contributed by atoms with Crippen molar-refractivity contribution in [3.8, 4) is 0 Å². The minimum absolute atomic E-state index is 0.128. The molecule has 0 aliphatic carbocycles. The van der Waals surface area contributed by atoms with E-state index in [2.05, 4.69) is 31.2 Å². The van der Waals surface area contributed by atoms with Crippen molar-refractivity contribution in [3.05, 3.63) is 71.8 Å². The molecule has 1 amide bonds. The Balaban J connectivity index is 1.95. The Morgan fingerprint density at radius 3 is 2.19 bits per heavy atom. The number of unbranched alkanes of at least 4 members (excludes halogenated alkanes) is 1. The van der Waals surface area contributed by atoms with Crippen LogP contribution in [0.5, 0.6) is 0 Å². The average molecular weight is 493 g/mol. The molecule has 2 aromatic carbocycles. The third-order valence-electron chi connectivity index (χ3n) is 7.41. The fourth-order valence-electron chi connectivity index (χ4n) is 5.22. The SMILES string of the molecule is CCCCOC(=O)C1CC(c2ccccc2)CC[N+]1(CCCc1ccccc1)C(=O)C(=O)C(C)(C)C. The third kappa shape index (κ3) is 6.70. The van der Waals surface area contributed by atoms with Gasteiger partial charge in [0.05, 0.1) is 19.7 Å². The average Bonchev–Trinajstić information content (AvgIpc) is 2.88. The van der Waals surface area contributed by atoms with E-state index in [1.807, 2.05) is 36.4 Å². The number of carbonyl (C=O) groups is 3. The van der Waals surface area contributed by atoms with Crippen LogP contribution >= 0.6 is 0 Å². The topological polar surface area (TPSA) is 60.4 Å². The van der Waals surface area contributed by atoms with Gasteiger partial charge in [0.2, 0.25) is 0 Å². The summed E-state index contributed by atoms with van der Waals surface area (Å²) in [5.74, 6) is -1.06. The lowest BCUT2D eigenvalue weighted by Gasteiger charge is -2.46. The fraction of sp³-hybridized carbons (Fsp3) is 0.516. The molecule has 3 rings (SSSR count). The molecule has 0 spiro atoms. The fourth-order valence-corrected chi connectivity index (χ4v) is 5.22. The summed E-state index contributed by atoms with van der Waals surface area (Å²) in [5.41, 5.74) is 1.54. The van der Waals surface area contributed by atoms with Crippen molar-refractivity contribution in [2.24, 2.45) is 5.41 Å². The minimum Gasteiger partial charge on any atom is -0.461 e. The van der Waals surface area contributed by atoms with Crippen molar-refractivity contribution in [1.82, 2.24) is 0 Å². The first-order valence-corrected chi connectivity index (χ1v) is 13.4. The smallest absolute Gasteiger partial charge is 0.383 e. The number of Topliss-reactive ketones (excluding diaryl/α,β-unsaturated/α-hetero) is 1. The molecule has 0 radical (unpaired) electrons. The molecular formula is C31H42NO4+. The number of esters is 1. The molecule has 3 unspecified atom stereocenters. The Labute approximate surface area is 216 Å². The molecule has 1 heterocycles. The van der Waals surface area contributed by atoms with E-state index < -0.39 is 23.1 Å². The number of ether oxygens (including phenoxy) is 1. The lowest BCUT2D eigenvalue weighted by molar-refractivity contribution is -0.874. The van der Waals surface area contributed by atoms with Gasteiger partial charge in [-0.2, -0.15) is 0 Å². The first-order valence-electron chi connectivity index (χ1n) is 13.4. The summed E-state index contributed by atoms with van der Waals surface area (Å²) < 4.78 is 5.60. The maximum absolute atomic E-state index is 14.0. The van der Waals surface area contributed by atoms with Crippen LogP contribution in [0.2, 0.25) is 0 Å². The van der Waals surface area contributed by atoms with Crippen LogP contribution in [0.15, 0.2) is 60.7 Å². The largest absolute Gasteiger partial charge is 0.461 e. The first kappa shape index (κ1) is 27.8. The molecule has 5 nitrogen and oxygen atoms in total. The normalized spacial score (nSPS) is 22.1. The number of aryl methyl sites for hydroxylation is 1. The number of ketones is 1. The summed E-state index contributed by atoms with van der Waals surface area (Å²) in [6, 6.07) is 19.6. The monoisotopic (exact) mass is 492 g/mol. The van der Waals surface area contributed by atoms with Crippen LogP contribution in [-0.2, 0) is 25.5 Å². The second-order valence-electron chi connectivity index (χ2n) is 11.1. The lowest BCUT2D eigenvalue weighted by Crippen LogP contribution is -2.68. The van der Waals surface area contributed by atoms with Gasteiger partial charge in [0, 0.05) is 24.7 Å². The van der Waals surface area contributed by atoms with E-state index in [-0.39, 0.29) is 16.4 Å². The van der Waals surface area contributed by atoms with Gasteiger partial charge in [-0.1, -0.05) is 94.8 Å². The van der Waals surface area contributed by atoms with Gasteiger partial charge in [-0.25, -0.2) is 14.1 Å². The quantitative estimate of drug-likeness (QED) is 0.180. The van der Waals surface area contributed by atoms with Crippen LogP contribution in [0.25, 0.3) is 0 Å². The lowest BCUT2D eigenvalue weighted by atomic mass is 9.81. The van der Waals surface area contributed by atoms with Gasteiger partial charge in [-0.3, -0.25) is 4.79 Å². The van der Waals surface area contributed by atoms with E-state index in [0.29, 0.717) is 32.5 Å². The molecule has 3 atom stereocenters. The zero-order valence-electron chi connectivity index (χ0n) is 22.4. The highest BCUT2D eigenvalue weighted by atomic mass is 16.5. The molecule has 2 aromatic rings. The zero-order valence-corrected chi connectivity index (χ0v) is 22.4. The van der Waals surface area contributed by atoms with E-state index in [0.717, 1.165) is 25.7 Å². The Hall–Kier alpha value is -2.79. The standard InChI is InChI=1S/C31H42NO4/c1-5-6-22-36-30(35)27-23-26(25-17-11-8-12-18-25)19-21-32(27,29(34)28(33)31(2,3)4)20-13-16-24-14-9-7-10-15-24/h7-12,14-15,17-18,26-27H,5-6,13,16,19-23H2,1-4H3/q+1. The molecule has 1 fully saturated rings. The van der Waals surface area contributed by atoms with E-state index in [9.17, 15) is 14.4 Å². The highest BCUT2D eigenvalue weighted by Gasteiger charge is 2.55. The van der Waals surface area contributed by atoms with Crippen LogP contribution < -0.4 is 0 Å². The van der Waals surface area contributed by atoms with Crippen molar-refractivity contribution in [2.75, 3.05) is 19.7 Å². The molecule has 0 aromatic heterocycles. The van der Waals surface area contributed by atoms with Gasteiger partial charge in [0.15, 0.2) is 6.04 Å². The maximum atomic E-state index is 14.0. The van der Waals surface area contributed by atoms with Crippen molar-refractivity contribution in [2.45, 2.75) is 78.2 Å². The van der Waals surface area contributed by atoms with Crippen molar-refractivity contribution < 1.29 is 23.6 Å². The summed E-state index contributed by atoms with van der Waals surface area (Å²) in [5, 5.41) is 0. The van der Waals surface area contributed by atoms with Crippen molar-refractivity contribution in [3.63, 3.8) is 0 Å². The van der Waals surface area contributed by atoms with Gasteiger partial charge in [0.25, 0.3) is 5.78 Å². The van der Waals surface area contributed by atoms with Gasteiger partial charge in [-0.15, -0.1) is 0 Å². The van der Waals surface area contributed by atoms with Gasteiger partial charge in [-0.05, 0) is 29.9 Å². The summed E-state index contributed by atoms with van der Waals surface area (Å²) in [6.45, 7) is 8.63. The third-order valence-corrected chi connectivity index (χ3v) is 7.41. The van der Waals surface area contributed by atoms with Crippen LogP contribution in [0.1, 0.15) is 76.8 Å². The second kappa shape index (κ2) is 12.4. The number of quaternary nitrogens is 1. The van der Waals surface area contributed by atoms with Crippen LogP contribution in [0.4, 0.5) is 0 Å². The van der Waals surface area contributed by atoms with E-state index >= 15 is 0 Å². The molecule has 5 heteroatoms. The first-order chi connectivity index (χ1) is 17.2. The number of likely N-dealkylation sites (tertiary alicyclic amines) is 1. The maximum Gasteiger partial charge on any atom is 0.383 e. The van der Waals surface area contributed by atoms with Crippen molar-refractivity contribution in [1.29, 1.82) is 0 Å². The molecule has 1 saturated heterocycles. The van der Waals surface area contributed by atoms with Crippen LogP contribution in [0.3, 0.4) is 0 Å². The van der Waals surface area contributed by atoms with Crippen molar-refractivity contribution >= 4 is 17.7 Å². The highest BCUT2D eigenvalue weighted by Crippen LogP contribution is 2.38. The number of benzene rings is 2. The van der Waals surface area contributed by atoms with Gasteiger partial charge >= 0.3 is 11.9 Å². The molecule has 194 valence electrons. The van der Waals surface area contributed by atoms with Gasteiger partial charge < -0.3 is 4.74 Å². The molecule has 36 heavy (non-hydrogen) atoms. The number of nitrogens with zero attached hydrogens (tertiary/aromatic N) is 1. The summed E-state index contributed by atoms with van der Waals surface area (Å²) in [4.78, 5) is 41.0. The van der Waals surface area contributed by atoms with Crippen LogP contribution in [0, 0.1) is 5.41 Å². The Bertz CT molecular complexity index is 1010. The predicted octanol–water partition coefficient (Wildman–Crippen LogP) is 5.87. The van der Waals surface area contributed by atoms with E-state index in [1.165, 1.54) is 11.1 Å². The molecular weight excluding hydrogens is 450 g/mol. The summed E-state index contributed by atoms with van der Waals surface area (Å²) in [7, 11) is 0. The Morgan fingerprint density at radius 2 is 1.58 bits per heavy atom. The number of hydrogen-bond donors (Lipinski definition) is 0. The van der Waals surface area contributed by atoms with E-state index in [1.54, 1.807) is 20.8 Å². The molecule has 0 bridgehead atoms. The zero-order chi connectivity index (χ0) is 26.2. The summed E-state index contributed by atoms with van der Waals surface area (Å²) >= 11 is 0. The minimum atomic E-state index is -0.811. The number of carbonyl (C=O) groups excluding carboxylic acids is 3. The highest BCUT2D eigenvalue weighted by molar-refractivity contribution is 6.35. The Morgan fingerprint density at radius 1 is 0.944 bits per heavy atom. The predicted molar refractivity (Wildman–Crippen MR) is 142 cm³/mol.